The maximum Gasteiger partial charge on any atom is 0.169 e. The topological polar surface area (TPSA) is 75.4 Å². The lowest BCUT2D eigenvalue weighted by atomic mass is 10.0. The molecule has 6 heteroatoms. The molecule has 0 bridgehead atoms. The van der Waals surface area contributed by atoms with Crippen LogP contribution in [0.2, 0.25) is 0 Å². The quantitative estimate of drug-likeness (QED) is 0.178. The summed E-state index contributed by atoms with van der Waals surface area (Å²) in [7, 11) is 0. The maximum absolute atomic E-state index is 5.06. The second kappa shape index (κ2) is 21.9. The minimum atomic E-state index is -0.387. The zero-order valence-electron chi connectivity index (χ0n) is 31.0. The van der Waals surface area contributed by atoms with Gasteiger partial charge in [0.05, 0.1) is 0 Å². The molecule has 0 saturated carbocycles. The molecular weight excluding hydrogens is 625 g/mol. The van der Waals surface area contributed by atoms with Crippen molar-refractivity contribution in [2.45, 2.75) is 54.6 Å². The molecule has 1 aliphatic heterocycles. The Bertz CT molecular complexity index is 1800. The van der Waals surface area contributed by atoms with Crippen LogP contribution >= 0.6 is 0 Å². The van der Waals surface area contributed by atoms with Crippen molar-refractivity contribution in [3.05, 3.63) is 176 Å². The summed E-state index contributed by atoms with van der Waals surface area (Å²) in [5.74, 6) is 1.56. The van der Waals surface area contributed by atoms with Gasteiger partial charge in [0.1, 0.15) is 11.7 Å². The number of hydrogen-bond donors (Lipinski definition) is 1. The fourth-order valence-electron chi connectivity index (χ4n) is 5.01. The molecule has 3 aromatic carbocycles. The van der Waals surface area contributed by atoms with Crippen molar-refractivity contribution >= 4 is 11.7 Å². The molecule has 0 amide bonds. The zero-order chi connectivity index (χ0) is 36.8. The predicted molar refractivity (Wildman–Crippen MR) is 218 cm³/mol. The molecule has 6 aromatic rings. The Labute approximate surface area is 304 Å². The van der Waals surface area contributed by atoms with Gasteiger partial charge < -0.3 is 5.32 Å². The summed E-state index contributed by atoms with van der Waals surface area (Å²) >= 11 is 0. The Morgan fingerprint density at radius 1 is 0.412 bits per heavy atom. The second-order valence-electron chi connectivity index (χ2n) is 10.3. The van der Waals surface area contributed by atoms with E-state index in [1.165, 1.54) is 0 Å². The van der Waals surface area contributed by atoms with Crippen molar-refractivity contribution in [2.24, 2.45) is 9.98 Å². The van der Waals surface area contributed by atoms with Crippen molar-refractivity contribution in [2.75, 3.05) is 0 Å². The van der Waals surface area contributed by atoms with E-state index in [-0.39, 0.29) is 6.17 Å². The predicted octanol–water partition coefficient (Wildman–Crippen LogP) is 11.6. The number of hydrogen-bond acceptors (Lipinski definition) is 6. The van der Waals surface area contributed by atoms with E-state index in [4.69, 9.17) is 9.98 Å². The third kappa shape index (κ3) is 11.0. The lowest BCUT2D eigenvalue weighted by molar-refractivity contribution is 0.756. The van der Waals surface area contributed by atoms with Crippen molar-refractivity contribution < 1.29 is 0 Å². The first-order valence-corrected chi connectivity index (χ1v) is 17.7. The number of rotatable bonds is 6. The van der Waals surface area contributed by atoms with Gasteiger partial charge in [0, 0.05) is 48.3 Å². The fraction of sp³-hybridized carbons (Fsp3) is 0.178. The van der Waals surface area contributed by atoms with Crippen LogP contribution in [0, 0.1) is 0 Å². The molecular formula is C45H50N6. The number of aromatic nitrogens is 3. The summed E-state index contributed by atoms with van der Waals surface area (Å²) in [6, 6.07) is 37.4. The van der Waals surface area contributed by atoms with Gasteiger partial charge in [0.25, 0.3) is 0 Å². The van der Waals surface area contributed by atoms with E-state index in [0.717, 1.165) is 61.7 Å². The van der Waals surface area contributed by atoms with E-state index >= 15 is 0 Å². The number of pyridine rings is 3. The van der Waals surface area contributed by atoms with Crippen molar-refractivity contribution in [3.63, 3.8) is 0 Å². The largest absolute Gasteiger partial charge is 0.324 e. The third-order valence-electron chi connectivity index (χ3n) is 7.31. The number of nitrogens with one attached hydrogen (secondary N) is 1. The van der Waals surface area contributed by atoms with Crippen LogP contribution in [-0.4, -0.2) is 26.6 Å². The Morgan fingerprint density at radius 2 is 0.647 bits per heavy atom. The van der Waals surface area contributed by atoms with Crippen LogP contribution in [0.25, 0.3) is 33.4 Å². The number of aliphatic imine (C=N–C) groups is 2. The van der Waals surface area contributed by atoms with Crippen LogP contribution in [0.4, 0.5) is 0 Å². The molecule has 4 heterocycles. The van der Waals surface area contributed by atoms with E-state index in [1.54, 1.807) is 6.08 Å². The lowest BCUT2D eigenvalue weighted by Gasteiger charge is -2.23. The van der Waals surface area contributed by atoms with Gasteiger partial charge in [-0.2, -0.15) is 0 Å². The lowest BCUT2D eigenvalue weighted by Crippen LogP contribution is -2.36. The summed E-state index contributed by atoms with van der Waals surface area (Å²) in [5.41, 5.74) is 9.76. The first-order chi connectivity index (χ1) is 25.2. The van der Waals surface area contributed by atoms with Gasteiger partial charge in [-0.15, -0.1) is 6.58 Å². The Hall–Kier alpha value is -6.01. The van der Waals surface area contributed by atoms with Gasteiger partial charge in [0.2, 0.25) is 0 Å². The molecule has 3 aromatic heterocycles. The van der Waals surface area contributed by atoms with Crippen molar-refractivity contribution in [1.29, 1.82) is 0 Å². The van der Waals surface area contributed by atoms with E-state index in [1.807, 2.05) is 122 Å². The monoisotopic (exact) mass is 674 g/mol. The van der Waals surface area contributed by atoms with Crippen LogP contribution < -0.4 is 5.32 Å². The number of allylic oxidation sites excluding steroid dienone is 1. The highest BCUT2D eigenvalue weighted by Gasteiger charge is 2.21. The maximum atomic E-state index is 5.06. The van der Waals surface area contributed by atoms with Gasteiger partial charge >= 0.3 is 0 Å². The average Bonchev–Trinajstić information content (AvgIpc) is 3.24. The van der Waals surface area contributed by atoms with Gasteiger partial charge in [-0.3, -0.25) is 15.0 Å². The third-order valence-corrected chi connectivity index (χ3v) is 7.31. The van der Waals surface area contributed by atoms with E-state index in [9.17, 15) is 0 Å². The van der Waals surface area contributed by atoms with Crippen LogP contribution in [-0.2, 0) is 0 Å². The average molecular weight is 675 g/mol. The summed E-state index contributed by atoms with van der Waals surface area (Å²) < 4.78 is 0. The first-order valence-electron chi connectivity index (χ1n) is 17.7. The molecule has 0 saturated heterocycles. The molecule has 260 valence electrons. The highest BCUT2D eigenvalue weighted by Crippen LogP contribution is 2.28. The minimum absolute atomic E-state index is 0.387. The number of amidine groups is 2. The van der Waals surface area contributed by atoms with Crippen LogP contribution in [0.1, 0.15) is 71.3 Å². The summed E-state index contributed by atoms with van der Waals surface area (Å²) in [6.07, 6.45) is 12.2. The minimum Gasteiger partial charge on any atom is -0.324 e. The highest BCUT2D eigenvalue weighted by atomic mass is 15.2. The van der Waals surface area contributed by atoms with Crippen LogP contribution in [0.15, 0.2) is 169 Å². The Balaban J connectivity index is 0.000000720. The van der Waals surface area contributed by atoms with Gasteiger partial charge in [-0.25, -0.2) is 9.98 Å². The molecule has 51 heavy (non-hydrogen) atoms. The highest BCUT2D eigenvalue weighted by molar-refractivity contribution is 6.16. The van der Waals surface area contributed by atoms with Gasteiger partial charge in [-0.05, 0) is 82.3 Å². The molecule has 0 aliphatic carbocycles. The number of benzene rings is 3. The Kier molecular flexibility index (Phi) is 16.9. The summed E-state index contributed by atoms with van der Waals surface area (Å²) in [6.45, 7) is 17.2. The normalized spacial score (nSPS) is 11.4. The molecule has 0 atom stereocenters. The first kappa shape index (κ1) is 39.4. The molecule has 0 radical (unpaired) electrons. The van der Waals surface area contributed by atoms with E-state index < -0.39 is 0 Å². The number of nitrogens with zero attached hydrogens (tertiary/aromatic N) is 5. The molecule has 1 aliphatic rings. The Morgan fingerprint density at radius 3 is 0.941 bits per heavy atom. The standard InChI is InChI=1S/C36H26N6.C3H6.3C2H6/c1-7-31(8-2-25(1)28-13-19-37-20-14-28)34-40-35(32-9-3-26(4-10-32)29-15-21-38-22-16-29)42-36(41-34)33-11-5-27(6-12-33)30-17-23-39-24-18-30;1-3-2;3*1-2/h1-24,34H,(H,40,41,42);3H,1H2,2H3;3*1-2H3. The second-order valence-corrected chi connectivity index (χ2v) is 10.3. The van der Waals surface area contributed by atoms with Gasteiger partial charge in [-0.1, -0.05) is 120 Å². The van der Waals surface area contributed by atoms with E-state index in [2.05, 4.69) is 99.6 Å². The van der Waals surface area contributed by atoms with Crippen LogP contribution in [0.3, 0.4) is 0 Å². The summed E-state index contributed by atoms with van der Waals surface area (Å²) in [4.78, 5) is 22.5. The molecule has 7 rings (SSSR count). The van der Waals surface area contributed by atoms with E-state index in [0.29, 0.717) is 0 Å². The molecule has 0 fully saturated rings. The van der Waals surface area contributed by atoms with Crippen LogP contribution in [0.5, 0.6) is 0 Å². The molecule has 0 unspecified atom stereocenters. The fourth-order valence-corrected chi connectivity index (χ4v) is 5.01. The zero-order valence-corrected chi connectivity index (χ0v) is 31.0. The van der Waals surface area contributed by atoms with Gasteiger partial charge in [0.15, 0.2) is 6.17 Å². The molecule has 1 N–H and O–H groups in total. The molecule has 0 spiro atoms. The summed E-state index contributed by atoms with van der Waals surface area (Å²) in [5, 5.41) is 3.51. The SMILES string of the molecule is C=CC.CC.CC.CC.c1cc(-c2ccc(C3=NC(c4ccc(-c5ccncc5)cc4)N=C(c4ccc(-c5ccncc5)cc4)N3)cc2)ccn1. The van der Waals surface area contributed by atoms with Crippen molar-refractivity contribution in [1.82, 2.24) is 20.3 Å². The van der Waals surface area contributed by atoms with Crippen molar-refractivity contribution in [3.8, 4) is 33.4 Å². The molecule has 6 nitrogen and oxygen atoms in total. The smallest absolute Gasteiger partial charge is 0.169 e.